The highest BCUT2D eigenvalue weighted by Crippen LogP contribution is 2.40. The van der Waals surface area contributed by atoms with E-state index in [1.807, 2.05) is 16.7 Å². The SMILES string of the molecule is C[C@H]1CSc2ccc(Br)cc2[C@H]1NCC(=O)N1CCCCCC1. The van der Waals surface area contributed by atoms with Gasteiger partial charge in [-0.25, -0.2) is 0 Å². The van der Waals surface area contributed by atoms with E-state index in [2.05, 4.69) is 46.4 Å². The lowest BCUT2D eigenvalue weighted by atomic mass is 9.95. The summed E-state index contributed by atoms with van der Waals surface area (Å²) in [6.45, 7) is 4.58. The van der Waals surface area contributed by atoms with E-state index in [-0.39, 0.29) is 11.9 Å². The largest absolute Gasteiger partial charge is 0.342 e. The van der Waals surface area contributed by atoms with Crippen molar-refractivity contribution >= 4 is 33.6 Å². The van der Waals surface area contributed by atoms with Crippen LogP contribution in [-0.2, 0) is 4.79 Å². The minimum absolute atomic E-state index is 0.258. The van der Waals surface area contributed by atoms with Crippen LogP contribution in [0.4, 0.5) is 0 Å². The average molecular weight is 397 g/mol. The van der Waals surface area contributed by atoms with Crippen LogP contribution < -0.4 is 5.32 Å². The molecule has 0 radical (unpaired) electrons. The second kappa shape index (κ2) is 8.04. The molecule has 3 rings (SSSR count). The van der Waals surface area contributed by atoms with E-state index in [4.69, 9.17) is 0 Å². The highest BCUT2D eigenvalue weighted by Gasteiger charge is 2.28. The van der Waals surface area contributed by atoms with Gasteiger partial charge in [-0.1, -0.05) is 35.7 Å². The Labute approximate surface area is 151 Å². The fourth-order valence-electron chi connectivity index (χ4n) is 3.46. The minimum atomic E-state index is 0.258. The smallest absolute Gasteiger partial charge is 0.236 e. The van der Waals surface area contributed by atoms with Crippen LogP contribution in [0.5, 0.6) is 0 Å². The first-order chi connectivity index (χ1) is 11.1. The zero-order valence-electron chi connectivity index (χ0n) is 13.7. The van der Waals surface area contributed by atoms with Gasteiger partial charge in [-0.3, -0.25) is 4.79 Å². The summed E-state index contributed by atoms with van der Waals surface area (Å²) in [6.07, 6.45) is 4.82. The summed E-state index contributed by atoms with van der Waals surface area (Å²) in [5.74, 6) is 1.89. The first kappa shape index (κ1) is 17.3. The molecule has 5 heteroatoms. The van der Waals surface area contributed by atoms with Crippen molar-refractivity contribution in [2.24, 2.45) is 5.92 Å². The highest BCUT2D eigenvalue weighted by molar-refractivity contribution is 9.10. The molecule has 2 atom stereocenters. The van der Waals surface area contributed by atoms with E-state index in [0.717, 1.165) is 36.2 Å². The second-order valence-electron chi connectivity index (χ2n) is 6.62. The van der Waals surface area contributed by atoms with Crippen LogP contribution in [0.1, 0.15) is 44.2 Å². The Bertz CT molecular complexity index is 558. The van der Waals surface area contributed by atoms with Gasteiger partial charge in [-0.05, 0) is 42.5 Å². The standard InChI is InChI=1S/C18H25BrN2OS/c1-13-12-23-16-7-6-14(19)10-15(16)18(13)20-11-17(22)21-8-4-2-3-5-9-21/h6-7,10,13,18,20H,2-5,8-9,11-12H2,1H3/t13-,18-/m0/s1. The summed E-state index contributed by atoms with van der Waals surface area (Å²) in [4.78, 5) is 15.9. The molecule has 2 heterocycles. The van der Waals surface area contributed by atoms with Crippen LogP contribution in [0.15, 0.2) is 27.6 Å². The van der Waals surface area contributed by atoms with E-state index in [9.17, 15) is 4.79 Å². The number of carbonyl (C=O) groups is 1. The normalized spacial score (nSPS) is 24.9. The summed E-state index contributed by atoms with van der Waals surface area (Å²) in [6, 6.07) is 6.74. The number of carbonyl (C=O) groups excluding carboxylic acids is 1. The third-order valence-electron chi connectivity index (χ3n) is 4.81. The maximum absolute atomic E-state index is 12.5. The Morgan fingerprint density at radius 2 is 2.04 bits per heavy atom. The lowest BCUT2D eigenvalue weighted by molar-refractivity contribution is -0.130. The van der Waals surface area contributed by atoms with Crippen molar-refractivity contribution < 1.29 is 4.79 Å². The summed E-state index contributed by atoms with van der Waals surface area (Å²) >= 11 is 5.50. The Balaban J connectivity index is 1.65. The Morgan fingerprint density at radius 1 is 1.30 bits per heavy atom. The molecule has 1 saturated heterocycles. The van der Waals surface area contributed by atoms with Crippen molar-refractivity contribution in [3.8, 4) is 0 Å². The highest BCUT2D eigenvalue weighted by atomic mass is 79.9. The number of fused-ring (bicyclic) bond motifs is 1. The van der Waals surface area contributed by atoms with Gasteiger partial charge in [0.2, 0.25) is 5.91 Å². The molecule has 126 valence electrons. The topological polar surface area (TPSA) is 32.3 Å². The number of rotatable bonds is 3. The van der Waals surface area contributed by atoms with Gasteiger partial charge in [0, 0.05) is 34.3 Å². The number of nitrogens with zero attached hydrogens (tertiary/aromatic N) is 1. The van der Waals surface area contributed by atoms with E-state index in [0.29, 0.717) is 12.5 Å². The zero-order valence-corrected chi connectivity index (χ0v) is 16.1. The fraction of sp³-hybridized carbons (Fsp3) is 0.611. The maximum atomic E-state index is 12.5. The molecule has 1 fully saturated rings. The molecule has 1 N–H and O–H groups in total. The number of likely N-dealkylation sites (tertiary alicyclic amines) is 1. The van der Waals surface area contributed by atoms with Gasteiger partial charge in [0.15, 0.2) is 0 Å². The minimum Gasteiger partial charge on any atom is -0.342 e. The van der Waals surface area contributed by atoms with Crippen LogP contribution in [0.2, 0.25) is 0 Å². The summed E-state index contributed by atoms with van der Waals surface area (Å²) in [7, 11) is 0. The molecule has 3 nitrogen and oxygen atoms in total. The van der Waals surface area contributed by atoms with Gasteiger partial charge < -0.3 is 10.2 Å². The van der Waals surface area contributed by atoms with Crippen molar-refractivity contribution in [3.05, 3.63) is 28.2 Å². The predicted molar refractivity (Wildman–Crippen MR) is 99.8 cm³/mol. The zero-order chi connectivity index (χ0) is 16.2. The number of benzene rings is 1. The summed E-state index contributed by atoms with van der Waals surface area (Å²) in [5, 5.41) is 3.55. The Morgan fingerprint density at radius 3 is 2.78 bits per heavy atom. The number of nitrogens with one attached hydrogen (secondary N) is 1. The first-order valence-corrected chi connectivity index (χ1v) is 10.4. The number of hydrogen-bond donors (Lipinski definition) is 1. The van der Waals surface area contributed by atoms with Crippen LogP contribution in [-0.4, -0.2) is 36.2 Å². The van der Waals surface area contributed by atoms with E-state index in [1.54, 1.807) is 0 Å². The first-order valence-electron chi connectivity index (χ1n) is 8.58. The molecular weight excluding hydrogens is 372 g/mol. The van der Waals surface area contributed by atoms with Gasteiger partial charge in [0.25, 0.3) is 0 Å². The molecule has 0 spiro atoms. The molecule has 1 aromatic rings. The van der Waals surface area contributed by atoms with Crippen molar-refractivity contribution in [2.45, 2.75) is 43.5 Å². The third-order valence-corrected chi connectivity index (χ3v) is 6.68. The Kier molecular flexibility index (Phi) is 6.05. The van der Waals surface area contributed by atoms with Crippen LogP contribution in [0.3, 0.4) is 0 Å². The maximum Gasteiger partial charge on any atom is 0.236 e. The molecule has 1 aromatic carbocycles. The molecule has 2 aliphatic rings. The molecule has 23 heavy (non-hydrogen) atoms. The Hall–Kier alpha value is -0.520. The molecule has 0 unspecified atom stereocenters. The number of amides is 1. The van der Waals surface area contributed by atoms with E-state index < -0.39 is 0 Å². The molecule has 0 bridgehead atoms. The molecule has 0 aliphatic carbocycles. The molecule has 1 amide bonds. The molecule has 0 aromatic heterocycles. The lowest BCUT2D eigenvalue weighted by Gasteiger charge is -2.32. The second-order valence-corrected chi connectivity index (χ2v) is 8.60. The summed E-state index contributed by atoms with van der Waals surface area (Å²) in [5.41, 5.74) is 1.33. The number of thioether (sulfide) groups is 1. The van der Waals surface area contributed by atoms with Crippen molar-refractivity contribution in [2.75, 3.05) is 25.4 Å². The lowest BCUT2D eigenvalue weighted by Crippen LogP contribution is -2.41. The van der Waals surface area contributed by atoms with Gasteiger partial charge in [0.1, 0.15) is 0 Å². The van der Waals surface area contributed by atoms with Gasteiger partial charge in [-0.15, -0.1) is 11.8 Å². The van der Waals surface area contributed by atoms with E-state index in [1.165, 1.54) is 23.3 Å². The van der Waals surface area contributed by atoms with Crippen LogP contribution in [0, 0.1) is 5.92 Å². The van der Waals surface area contributed by atoms with Crippen molar-refractivity contribution in [1.29, 1.82) is 0 Å². The van der Waals surface area contributed by atoms with Crippen LogP contribution >= 0.6 is 27.7 Å². The van der Waals surface area contributed by atoms with E-state index >= 15 is 0 Å². The van der Waals surface area contributed by atoms with Gasteiger partial charge in [-0.2, -0.15) is 0 Å². The van der Waals surface area contributed by atoms with Gasteiger partial charge >= 0.3 is 0 Å². The number of halogens is 1. The third kappa shape index (κ3) is 4.31. The monoisotopic (exact) mass is 396 g/mol. The van der Waals surface area contributed by atoms with Crippen LogP contribution in [0.25, 0.3) is 0 Å². The summed E-state index contributed by atoms with van der Waals surface area (Å²) < 4.78 is 1.11. The van der Waals surface area contributed by atoms with Crippen molar-refractivity contribution in [1.82, 2.24) is 10.2 Å². The quantitative estimate of drug-likeness (QED) is 0.829. The number of hydrogen-bond acceptors (Lipinski definition) is 3. The molecular formula is C18H25BrN2OS. The van der Waals surface area contributed by atoms with Crippen molar-refractivity contribution in [3.63, 3.8) is 0 Å². The average Bonchev–Trinajstić information content (AvgIpc) is 2.83. The fourth-order valence-corrected chi connectivity index (χ4v) is 4.99. The van der Waals surface area contributed by atoms with Gasteiger partial charge in [0.05, 0.1) is 6.54 Å². The predicted octanol–water partition coefficient (Wildman–Crippen LogP) is 4.22. The molecule has 2 aliphatic heterocycles. The molecule has 0 saturated carbocycles.